The van der Waals surface area contributed by atoms with Crippen molar-refractivity contribution in [3.63, 3.8) is 0 Å². The minimum Gasteiger partial charge on any atom is -0.483 e. The first-order chi connectivity index (χ1) is 13.2. The number of rotatable bonds is 7. The number of carbonyl (C=O) groups is 2. The summed E-state index contributed by atoms with van der Waals surface area (Å²) >= 11 is 0. The highest BCUT2D eigenvalue weighted by Crippen LogP contribution is 2.41. The van der Waals surface area contributed by atoms with Gasteiger partial charge in [0.15, 0.2) is 18.1 Å². The van der Waals surface area contributed by atoms with Crippen molar-refractivity contribution in [1.29, 1.82) is 0 Å². The number of hydrogen-bond donors (Lipinski definition) is 1. The van der Waals surface area contributed by atoms with Crippen molar-refractivity contribution in [3.05, 3.63) is 53.8 Å². The Labute approximate surface area is 163 Å². The first kappa shape index (κ1) is 19.7. The Morgan fingerprint density at radius 3 is 2.61 bits per heavy atom. The van der Waals surface area contributed by atoms with Crippen molar-refractivity contribution in [2.45, 2.75) is 32.3 Å². The van der Waals surface area contributed by atoms with Gasteiger partial charge in [-0.15, -0.1) is 0 Å². The van der Waals surface area contributed by atoms with E-state index < -0.39 is 11.7 Å². The molecule has 6 nitrogen and oxygen atoms in total. The number of anilines is 1. The largest absolute Gasteiger partial charge is 0.483 e. The summed E-state index contributed by atoms with van der Waals surface area (Å²) in [6.07, 6.45) is 0.745. The van der Waals surface area contributed by atoms with Crippen LogP contribution in [0.25, 0.3) is 0 Å². The van der Waals surface area contributed by atoms with E-state index in [1.807, 2.05) is 26.0 Å². The molecule has 0 radical (unpaired) electrons. The van der Waals surface area contributed by atoms with E-state index in [2.05, 4.69) is 0 Å². The number of nitrogens with two attached hydrogens (primary N) is 1. The van der Waals surface area contributed by atoms with E-state index in [0.29, 0.717) is 17.2 Å². The molecule has 2 amide bonds. The molecule has 148 valence electrons. The normalized spacial score (nSPS) is 14.1. The predicted molar refractivity (Wildman–Crippen MR) is 103 cm³/mol. The number of fused-ring (bicyclic) bond motifs is 1. The zero-order valence-electron chi connectivity index (χ0n) is 15.9. The molecule has 1 aliphatic rings. The van der Waals surface area contributed by atoms with Crippen LogP contribution in [0.4, 0.5) is 10.1 Å². The van der Waals surface area contributed by atoms with Crippen molar-refractivity contribution in [1.82, 2.24) is 0 Å². The predicted octanol–water partition coefficient (Wildman–Crippen LogP) is 2.83. The molecule has 3 rings (SSSR count). The second kappa shape index (κ2) is 7.88. The molecule has 1 aliphatic heterocycles. The van der Waals surface area contributed by atoms with Gasteiger partial charge in [-0.3, -0.25) is 9.59 Å². The maximum Gasteiger partial charge on any atom is 0.264 e. The smallest absolute Gasteiger partial charge is 0.264 e. The number of carbonyl (C=O) groups excluding carboxylic acids is 2. The summed E-state index contributed by atoms with van der Waals surface area (Å²) in [7, 11) is 0. The Balaban J connectivity index is 1.73. The summed E-state index contributed by atoms with van der Waals surface area (Å²) in [5.41, 5.74) is 6.38. The average molecular weight is 386 g/mol. The summed E-state index contributed by atoms with van der Waals surface area (Å²) in [5.74, 6) is -0.182. The van der Waals surface area contributed by atoms with Gasteiger partial charge in [0.05, 0.1) is 0 Å². The maximum absolute atomic E-state index is 13.2. The molecular weight excluding hydrogens is 363 g/mol. The van der Waals surface area contributed by atoms with Crippen LogP contribution in [0.2, 0.25) is 0 Å². The van der Waals surface area contributed by atoms with E-state index in [0.717, 1.165) is 12.0 Å². The van der Waals surface area contributed by atoms with Gasteiger partial charge in [-0.2, -0.15) is 0 Å². The van der Waals surface area contributed by atoms with E-state index in [1.165, 1.54) is 29.2 Å². The molecule has 0 saturated carbocycles. The fourth-order valence-electron chi connectivity index (χ4n) is 3.16. The third-order valence-corrected chi connectivity index (χ3v) is 4.43. The maximum atomic E-state index is 13.2. The highest BCUT2D eigenvalue weighted by Gasteiger charge is 2.32. The molecule has 0 atom stereocenters. The first-order valence-electron chi connectivity index (χ1n) is 9.03. The topological polar surface area (TPSA) is 81.9 Å². The van der Waals surface area contributed by atoms with Crippen LogP contribution in [0.3, 0.4) is 0 Å². The fraction of sp³-hybridized carbons (Fsp3) is 0.333. The van der Waals surface area contributed by atoms with Gasteiger partial charge in [0.25, 0.3) is 5.91 Å². The lowest BCUT2D eigenvalue weighted by atomic mass is 10.0. The summed E-state index contributed by atoms with van der Waals surface area (Å²) < 4.78 is 24.9. The summed E-state index contributed by atoms with van der Waals surface area (Å²) in [6.45, 7) is 3.81. The van der Waals surface area contributed by atoms with Gasteiger partial charge in [0, 0.05) is 30.6 Å². The Kier molecular flexibility index (Phi) is 5.53. The number of halogens is 1. The summed E-state index contributed by atoms with van der Waals surface area (Å²) in [6, 6.07) is 11.0. The number of benzene rings is 2. The molecule has 0 aromatic heterocycles. The molecular formula is C21H23FN2O4. The molecule has 2 aromatic carbocycles. The van der Waals surface area contributed by atoms with E-state index in [1.54, 1.807) is 6.07 Å². The number of para-hydroxylation sites is 1. The molecule has 0 saturated heterocycles. The zero-order valence-corrected chi connectivity index (χ0v) is 15.9. The van der Waals surface area contributed by atoms with Crippen LogP contribution in [0.5, 0.6) is 11.5 Å². The highest BCUT2D eigenvalue weighted by molar-refractivity contribution is 5.95. The monoisotopic (exact) mass is 386 g/mol. The summed E-state index contributed by atoms with van der Waals surface area (Å²) in [5, 5.41) is 0. The van der Waals surface area contributed by atoms with Crippen molar-refractivity contribution < 1.29 is 23.5 Å². The molecule has 0 aliphatic carbocycles. The van der Waals surface area contributed by atoms with Crippen LogP contribution in [0, 0.1) is 5.82 Å². The molecule has 28 heavy (non-hydrogen) atoms. The second-order valence-electron chi connectivity index (χ2n) is 7.31. The lowest BCUT2D eigenvalue weighted by molar-refractivity contribution is -0.120. The highest BCUT2D eigenvalue weighted by atomic mass is 19.1. The van der Waals surface area contributed by atoms with E-state index in [-0.39, 0.29) is 31.1 Å². The number of amides is 2. The molecule has 0 unspecified atom stereocenters. The molecule has 2 N–H and O–H groups in total. The minimum atomic E-state index is -0.530. The Bertz CT molecular complexity index is 880. The lowest BCUT2D eigenvalue weighted by Crippen LogP contribution is -2.37. The molecule has 0 spiro atoms. The quantitative estimate of drug-likeness (QED) is 0.793. The van der Waals surface area contributed by atoms with Gasteiger partial charge < -0.3 is 20.1 Å². The van der Waals surface area contributed by atoms with Crippen LogP contribution in [0.15, 0.2) is 42.5 Å². The third-order valence-electron chi connectivity index (χ3n) is 4.43. The van der Waals surface area contributed by atoms with Crippen LogP contribution >= 0.6 is 0 Å². The van der Waals surface area contributed by atoms with Crippen molar-refractivity contribution in [3.8, 4) is 11.5 Å². The molecule has 0 bridgehead atoms. The molecule has 0 fully saturated rings. The number of hydrogen-bond acceptors (Lipinski definition) is 4. The van der Waals surface area contributed by atoms with Gasteiger partial charge in [-0.1, -0.05) is 12.1 Å². The van der Waals surface area contributed by atoms with Gasteiger partial charge in [0.2, 0.25) is 5.91 Å². The van der Waals surface area contributed by atoms with Crippen molar-refractivity contribution in [2.24, 2.45) is 5.73 Å². The van der Waals surface area contributed by atoms with Crippen LogP contribution in [-0.2, 0) is 16.0 Å². The van der Waals surface area contributed by atoms with Crippen LogP contribution < -0.4 is 20.1 Å². The first-order valence-corrected chi connectivity index (χ1v) is 9.03. The second-order valence-corrected chi connectivity index (χ2v) is 7.31. The van der Waals surface area contributed by atoms with Crippen LogP contribution in [0.1, 0.15) is 25.8 Å². The van der Waals surface area contributed by atoms with Crippen molar-refractivity contribution in [2.75, 3.05) is 18.1 Å². The molecule has 2 aromatic rings. The Hall–Kier alpha value is -3.09. The average Bonchev–Trinajstić information content (AvgIpc) is 2.95. The Morgan fingerprint density at radius 1 is 1.21 bits per heavy atom. The van der Waals surface area contributed by atoms with E-state index >= 15 is 0 Å². The molecule has 1 heterocycles. The summed E-state index contributed by atoms with van der Waals surface area (Å²) in [4.78, 5) is 25.3. The standard InChI is InChI=1S/C21H23FN2O4/c1-21(2)12-14-4-3-5-17(20(14)28-21)27-13-19(26)24(11-10-18(23)25)16-8-6-15(22)7-9-16/h3-9H,10-13H2,1-2H3,(H2,23,25). The SMILES string of the molecule is CC1(C)Cc2cccc(OCC(=O)N(CCC(N)=O)c3ccc(F)cc3)c2O1. The Morgan fingerprint density at radius 2 is 1.93 bits per heavy atom. The van der Waals surface area contributed by atoms with Gasteiger partial charge in [-0.25, -0.2) is 4.39 Å². The van der Waals surface area contributed by atoms with Gasteiger partial charge in [-0.05, 0) is 44.2 Å². The van der Waals surface area contributed by atoms with Gasteiger partial charge >= 0.3 is 0 Å². The van der Waals surface area contributed by atoms with E-state index in [4.69, 9.17) is 15.2 Å². The van der Waals surface area contributed by atoms with Crippen LogP contribution in [-0.4, -0.2) is 30.6 Å². The number of primary amides is 1. The zero-order chi connectivity index (χ0) is 20.3. The number of ether oxygens (including phenoxy) is 2. The van der Waals surface area contributed by atoms with E-state index in [9.17, 15) is 14.0 Å². The third kappa shape index (κ3) is 4.60. The van der Waals surface area contributed by atoms with Gasteiger partial charge in [0.1, 0.15) is 11.4 Å². The fourth-order valence-corrected chi connectivity index (χ4v) is 3.16. The lowest BCUT2D eigenvalue weighted by Gasteiger charge is -2.23. The molecule has 7 heteroatoms. The minimum absolute atomic E-state index is 0.0127. The van der Waals surface area contributed by atoms with Crippen molar-refractivity contribution >= 4 is 17.5 Å². The number of nitrogens with zero attached hydrogens (tertiary/aromatic N) is 1.